The van der Waals surface area contributed by atoms with E-state index in [4.69, 9.17) is 4.42 Å². The molecule has 0 aliphatic carbocycles. The van der Waals surface area contributed by atoms with Crippen molar-refractivity contribution in [2.45, 2.75) is 32.9 Å². The fourth-order valence-electron chi connectivity index (χ4n) is 1.22. The summed E-state index contributed by atoms with van der Waals surface area (Å²) in [7, 11) is 0. The van der Waals surface area contributed by atoms with Crippen LogP contribution < -0.4 is 4.90 Å². The van der Waals surface area contributed by atoms with Gasteiger partial charge in [-0.25, -0.2) is 0 Å². The number of aromatic nitrogens is 1. The van der Waals surface area contributed by atoms with Crippen LogP contribution in [0.1, 0.15) is 25.5 Å². The highest BCUT2D eigenvalue weighted by Gasteiger charge is 2.44. The molecule has 0 unspecified atom stereocenters. The summed E-state index contributed by atoms with van der Waals surface area (Å²) in [4.78, 5) is 15.4. The number of carbonyl (C=O) groups is 1. The van der Waals surface area contributed by atoms with Crippen molar-refractivity contribution in [3.63, 3.8) is 0 Å². The molecule has 1 aromatic heterocycles. The maximum Gasteiger partial charge on any atom is 0.471 e. The Bertz CT molecular complexity index is 387. The quantitative estimate of drug-likeness (QED) is 0.825. The fourth-order valence-corrected chi connectivity index (χ4v) is 1.22. The molecule has 0 saturated carbocycles. The molecule has 0 radical (unpaired) electrons. The number of hydrogen-bond acceptors (Lipinski definition) is 3. The van der Waals surface area contributed by atoms with Crippen LogP contribution in [-0.4, -0.2) is 23.6 Å². The molecule has 0 aliphatic rings. The number of anilines is 1. The lowest BCUT2D eigenvalue weighted by molar-refractivity contribution is -0.170. The molecule has 0 aliphatic heterocycles. The van der Waals surface area contributed by atoms with Gasteiger partial charge in [-0.1, -0.05) is 13.3 Å². The highest BCUT2D eigenvalue weighted by atomic mass is 19.4. The van der Waals surface area contributed by atoms with Crippen LogP contribution in [-0.2, 0) is 4.79 Å². The Morgan fingerprint density at radius 2 is 2.18 bits per heavy atom. The van der Waals surface area contributed by atoms with E-state index in [0.29, 0.717) is 23.4 Å². The summed E-state index contributed by atoms with van der Waals surface area (Å²) >= 11 is 0. The molecule has 0 N–H and O–H groups in total. The second-order valence-electron chi connectivity index (χ2n) is 3.58. The van der Waals surface area contributed by atoms with E-state index in [9.17, 15) is 18.0 Å². The number of carbonyl (C=O) groups excluding carboxylic acids is 1. The molecular weight excluding hydrogens is 237 g/mol. The van der Waals surface area contributed by atoms with Gasteiger partial charge in [-0.15, -0.1) is 0 Å². The van der Waals surface area contributed by atoms with Gasteiger partial charge in [-0.3, -0.25) is 9.69 Å². The summed E-state index contributed by atoms with van der Waals surface area (Å²) in [6, 6.07) is -0.307. The number of nitrogens with zero attached hydrogens (tertiary/aromatic N) is 2. The summed E-state index contributed by atoms with van der Waals surface area (Å²) in [5, 5.41) is 0. The van der Waals surface area contributed by atoms with Crippen LogP contribution in [0.5, 0.6) is 0 Å². The smallest absolute Gasteiger partial charge is 0.431 e. The van der Waals surface area contributed by atoms with E-state index in [1.807, 2.05) is 6.92 Å². The van der Waals surface area contributed by atoms with Crippen LogP contribution in [0.4, 0.5) is 19.2 Å². The molecular formula is C10H13F3N2O2. The van der Waals surface area contributed by atoms with E-state index < -0.39 is 12.1 Å². The van der Waals surface area contributed by atoms with Crippen LogP contribution >= 0.6 is 0 Å². The van der Waals surface area contributed by atoms with E-state index in [1.54, 1.807) is 6.92 Å². The van der Waals surface area contributed by atoms with Crippen molar-refractivity contribution in [3.05, 3.63) is 12.0 Å². The minimum absolute atomic E-state index is 0.0607. The predicted molar refractivity (Wildman–Crippen MR) is 54.6 cm³/mol. The maximum absolute atomic E-state index is 12.4. The number of amides is 1. The first-order valence-electron chi connectivity index (χ1n) is 5.17. The highest BCUT2D eigenvalue weighted by molar-refractivity contribution is 5.95. The minimum atomic E-state index is -4.92. The Morgan fingerprint density at radius 3 is 2.59 bits per heavy atom. The van der Waals surface area contributed by atoms with Gasteiger partial charge >= 0.3 is 18.1 Å². The van der Waals surface area contributed by atoms with Gasteiger partial charge in [0.2, 0.25) is 0 Å². The van der Waals surface area contributed by atoms with Crippen molar-refractivity contribution in [1.82, 2.24) is 4.98 Å². The number of unbranched alkanes of at least 4 members (excludes halogenated alkanes) is 1. The number of oxazole rings is 1. The predicted octanol–water partition coefficient (Wildman–Crippen LogP) is 2.68. The zero-order valence-electron chi connectivity index (χ0n) is 9.54. The fraction of sp³-hybridized carbons (Fsp3) is 0.600. The van der Waals surface area contributed by atoms with E-state index >= 15 is 0 Å². The van der Waals surface area contributed by atoms with E-state index in [2.05, 4.69) is 4.98 Å². The summed E-state index contributed by atoms with van der Waals surface area (Å²) in [6.07, 6.45) is -2.60. The molecule has 1 heterocycles. The first-order chi connectivity index (χ1) is 7.86. The van der Waals surface area contributed by atoms with Crippen LogP contribution in [0.25, 0.3) is 0 Å². The van der Waals surface area contributed by atoms with Gasteiger partial charge in [0.25, 0.3) is 0 Å². The lowest BCUT2D eigenvalue weighted by Crippen LogP contribution is -2.42. The number of halogens is 3. The summed E-state index contributed by atoms with van der Waals surface area (Å²) in [5.41, 5.74) is 0.427. The Labute approximate surface area is 96.4 Å². The largest absolute Gasteiger partial charge is 0.471 e. The highest BCUT2D eigenvalue weighted by Crippen LogP contribution is 2.23. The molecule has 1 rings (SSSR count). The first-order valence-corrected chi connectivity index (χ1v) is 5.17. The number of aryl methyl sites for hydroxylation is 1. The average molecular weight is 250 g/mol. The van der Waals surface area contributed by atoms with Crippen molar-refractivity contribution in [1.29, 1.82) is 0 Å². The Kier molecular flexibility index (Phi) is 4.14. The molecule has 1 aromatic rings. The summed E-state index contributed by atoms with van der Waals surface area (Å²) in [6.45, 7) is 3.33. The van der Waals surface area contributed by atoms with Gasteiger partial charge in [-0.2, -0.15) is 18.2 Å². The van der Waals surface area contributed by atoms with Gasteiger partial charge < -0.3 is 4.42 Å². The lowest BCUT2D eigenvalue weighted by atomic mass is 10.3. The second kappa shape index (κ2) is 5.20. The third-order valence-corrected chi connectivity index (χ3v) is 2.06. The molecule has 17 heavy (non-hydrogen) atoms. The van der Waals surface area contributed by atoms with E-state index in [1.165, 1.54) is 6.26 Å². The SMILES string of the molecule is CCCCN(C(=O)C(F)(F)F)c1nc(C)co1. The Balaban J connectivity index is 2.92. The van der Waals surface area contributed by atoms with Crippen molar-refractivity contribution in [2.75, 3.05) is 11.4 Å². The second-order valence-corrected chi connectivity index (χ2v) is 3.58. The van der Waals surface area contributed by atoms with Crippen molar-refractivity contribution >= 4 is 11.9 Å². The van der Waals surface area contributed by atoms with E-state index in [0.717, 1.165) is 0 Å². The van der Waals surface area contributed by atoms with Crippen LogP contribution in [0.15, 0.2) is 10.7 Å². The summed E-state index contributed by atoms with van der Waals surface area (Å²) < 4.78 is 41.9. The van der Waals surface area contributed by atoms with Crippen molar-refractivity contribution < 1.29 is 22.4 Å². The monoisotopic (exact) mass is 250 g/mol. The standard InChI is InChI=1S/C10H13F3N2O2/c1-3-4-5-15(8(16)10(11,12)13)9-14-7(2)6-17-9/h6H,3-5H2,1-2H3. The molecule has 0 aromatic carbocycles. The van der Waals surface area contributed by atoms with Crippen LogP contribution in [0.2, 0.25) is 0 Å². The van der Waals surface area contributed by atoms with Gasteiger partial charge in [0, 0.05) is 6.54 Å². The average Bonchev–Trinajstić information content (AvgIpc) is 2.64. The minimum Gasteiger partial charge on any atom is -0.431 e. The Hall–Kier alpha value is -1.53. The molecule has 7 heteroatoms. The number of hydrogen-bond donors (Lipinski definition) is 0. The third kappa shape index (κ3) is 3.47. The van der Waals surface area contributed by atoms with Crippen LogP contribution in [0.3, 0.4) is 0 Å². The lowest BCUT2D eigenvalue weighted by Gasteiger charge is -2.19. The van der Waals surface area contributed by atoms with Crippen molar-refractivity contribution in [2.24, 2.45) is 0 Å². The zero-order chi connectivity index (χ0) is 13.1. The number of alkyl halides is 3. The molecule has 1 amide bonds. The van der Waals surface area contributed by atoms with E-state index in [-0.39, 0.29) is 12.6 Å². The van der Waals surface area contributed by atoms with Gasteiger partial charge in [-0.05, 0) is 13.3 Å². The van der Waals surface area contributed by atoms with Crippen LogP contribution in [0, 0.1) is 6.92 Å². The molecule has 4 nitrogen and oxygen atoms in total. The molecule has 0 spiro atoms. The van der Waals surface area contributed by atoms with Gasteiger partial charge in [0.15, 0.2) is 0 Å². The number of rotatable bonds is 4. The molecule has 0 fully saturated rings. The molecule has 0 atom stereocenters. The van der Waals surface area contributed by atoms with Crippen molar-refractivity contribution in [3.8, 4) is 0 Å². The molecule has 96 valence electrons. The summed E-state index contributed by atoms with van der Waals surface area (Å²) in [5.74, 6) is -1.95. The maximum atomic E-state index is 12.4. The first kappa shape index (κ1) is 13.5. The third-order valence-electron chi connectivity index (χ3n) is 2.06. The Morgan fingerprint density at radius 1 is 1.53 bits per heavy atom. The zero-order valence-corrected chi connectivity index (χ0v) is 9.54. The topological polar surface area (TPSA) is 46.3 Å². The van der Waals surface area contributed by atoms with Gasteiger partial charge in [0.1, 0.15) is 6.26 Å². The molecule has 0 saturated heterocycles. The normalized spacial score (nSPS) is 11.6. The van der Waals surface area contributed by atoms with Gasteiger partial charge in [0.05, 0.1) is 5.69 Å². The molecule has 0 bridgehead atoms.